The summed E-state index contributed by atoms with van der Waals surface area (Å²) in [6.07, 6.45) is 5.57. The lowest BCUT2D eigenvalue weighted by Crippen LogP contribution is -2.48. The Hall–Kier alpha value is -2.29. The number of likely N-dealkylation sites (tertiary alicyclic amines) is 1. The lowest BCUT2D eigenvalue weighted by Gasteiger charge is -2.35. The molecule has 0 saturated carbocycles. The van der Waals surface area contributed by atoms with E-state index in [-0.39, 0.29) is 12.2 Å². The number of carbonyl (C=O) groups is 1. The third kappa shape index (κ3) is 6.85. The molecule has 0 radical (unpaired) electrons. The Morgan fingerprint density at radius 2 is 2.03 bits per heavy atom. The zero-order valence-electron chi connectivity index (χ0n) is 19.6. The van der Waals surface area contributed by atoms with Gasteiger partial charge in [0.1, 0.15) is 11.7 Å². The summed E-state index contributed by atoms with van der Waals surface area (Å²) in [5.74, 6) is 1.41. The third-order valence-corrected chi connectivity index (χ3v) is 5.56. The van der Waals surface area contributed by atoms with Gasteiger partial charge >= 0.3 is 6.09 Å². The van der Waals surface area contributed by atoms with E-state index in [1.807, 2.05) is 45.1 Å². The van der Waals surface area contributed by atoms with Gasteiger partial charge in [0, 0.05) is 51.5 Å². The van der Waals surface area contributed by atoms with Crippen LogP contribution in [0.5, 0.6) is 0 Å². The first-order valence-electron chi connectivity index (χ1n) is 11.4. The predicted octanol–water partition coefficient (Wildman–Crippen LogP) is 2.41. The monoisotopic (exact) mass is 434 g/mol. The Morgan fingerprint density at radius 3 is 2.65 bits per heavy atom. The van der Waals surface area contributed by atoms with Crippen molar-refractivity contribution in [2.75, 3.05) is 45.9 Å². The first-order valence-corrected chi connectivity index (χ1v) is 11.4. The van der Waals surface area contributed by atoms with Crippen LogP contribution < -0.4 is 5.32 Å². The van der Waals surface area contributed by atoms with Crippen molar-refractivity contribution in [1.82, 2.24) is 24.9 Å². The van der Waals surface area contributed by atoms with E-state index in [0.29, 0.717) is 12.5 Å². The summed E-state index contributed by atoms with van der Waals surface area (Å²) in [6.45, 7) is 13.1. The van der Waals surface area contributed by atoms with Crippen molar-refractivity contribution in [3.8, 4) is 0 Å². The second-order valence-electron chi connectivity index (χ2n) is 9.36. The van der Waals surface area contributed by atoms with Gasteiger partial charge in [-0.3, -0.25) is 9.67 Å². The lowest BCUT2D eigenvalue weighted by atomic mass is 9.97. The molecule has 2 aliphatic heterocycles. The Morgan fingerprint density at radius 1 is 1.29 bits per heavy atom. The van der Waals surface area contributed by atoms with Crippen LogP contribution in [0.4, 0.5) is 4.79 Å². The van der Waals surface area contributed by atoms with Gasteiger partial charge < -0.3 is 24.6 Å². The van der Waals surface area contributed by atoms with Crippen LogP contribution in [-0.4, -0.2) is 83.1 Å². The van der Waals surface area contributed by atoms with E-state index in [0.717, 1.165) is 63.6 Å². The molecule has 0 aromatic carbocycles. The Bertz CT molecular complexity index is 749. The fourth-order valence-electron chi connectivity index (χ4n) is 3.92. The standard InChI is InChI=1S/C22H38N6O3/c1-6-23-20(28-11-12-30-19(16-28)18-14-25-26(5)15-18)24-13-17-7-9-27(10-8-17)21(29)31-22(2,3)4/h14-15,17,19H,6-13,16H2,1-5H3,(H,23,24). The highest BCUT2D eigenvalue weighted by Crippen LogP contribution is 2.23. The number of morpholine rings is 1. The predicted molar refractivity (Wildman–Crippen MR) is 120 cm³/mol. The summed E-state index contributed by atoms with van der Waals surface area (Å²) in [5.41, 5.74) is 0.641. The second-order valence-corrected chi connectivity index (χ2v) is 9.36. The summed E-state index contributed by atoms with van der Waals surface area (Å²) in [6, 6.07) is 0. The minimum atomic E-state index is -0.454. The quantitative estimate of drug-likeness (QED) is 0.579. The summed E-state index contributed by atoms with van der Waals surface area (Å²) in [5, 5.41) is 7.71. The zero-order chi connectivity index (χ0) is 22.4. The zero-order valence-corrected chi connectivity index (χ0v) is 19.6. The summed E-state index contributed by atoms with van der Waals surface area (Å²) in [7, 11) is 1.92. The summed E-state index contributed by atoms with van der Waals surface area (Å²) in [4.78, 5) is 21.3. The number of aryl methyl sites for hydroxylation is 1. The van der Waals surface area contributed by atoms with Crippen molar-refractivity contribution in [3.63, 3.8) is 0 Å². The number of carbonyl (C=O) groups excluding carboxylic acids is 1. The first kappa shape index (κ1) is 23.4. The molecule has 1 aromatic heterocycles. The van der Waals surface area contributed by atoms with E-state index in [1.165, 1.54) is 0 Å². The SMILES string of the molecule is CCNC(=NCC1CCN(C(=O)OC(C)(C)C)CC1)N1CCOC(c2cnn(C)c2)C1. The highest BCUT2D eigenvalue weighted by molar-refractivity contribution is 5.80. The number of nitrogens with zero attached hydrogens (tertiary/aromatic N) is 5. The normalized spacial score (nSPS) is 21.3. The van der Waals surface area contributed by atoms with Crippen LogP contribution in [0.25, 0.3) is 0 Å². The fraction of sp³-hybridized carbons (Fsp3) is 0.773. The van der Waals surface area contributed by atoms with Crippen LogP contribution in [0.1, 0.15) is 52.2 Å². The van der Waals surface area contributed by atoms with E-state index in [1.54, 1.807) is 4.68 Å². The largest absolute Gasteiger partial charge is 0.444 e. The molecule has 2 aliphatic rings. The van der Waals surface area contributed by atoms with Crippen LogP contribution in [-0.2, 0) is 16.5 Å². The van der Waals surface area contributed by atoms with Gasteiger partial charge in [0.25, 0.3) is 0 Å². The maximum absolute atomic E-state index is 12.3. The molecular formula is C22H38N6O3. The van der Waals surface area contributed by atoms with Gasteiger partial charge in [0.2, 0.25) is 0 Å². The summed E-state index contributed by atoms with van der Waals surface area (Å²) < 4.78 is 13.3. The van der Waals surface area contributed by atoms with Gasteiger partial charge in [-0.1, -0.05) is 0 Å². The van der Waals surface area contributed by atoms with Gasteiger partial charge in [0.15, 0.2) is 5.96 Å². The van der Waals surface area contributed by atoms with Gasteiger partial charge in [-0.2, -0.15) is 5.10 Å². The minimum absolute atomic E-state index is 0.00312. The first-order chi connectivity index (χ1) is 14.7. The molecule has 9 nitrogen and oxygen atoms in total. The molecule has 2 saturated heterocycles. The Kier molecular flexibility index (Phi) is 7.80. The van der Waals surface area contributed by atoms with Gasteiger partial charge in [-0.05, 0) is 46.5 Å². The average Bonchev–Trinajstić information content (AvgIpc) is 3.17. The van der Waals surface area contributed by atoms with E-state index in [9.17, 15) is 4.79 Å². The molecule has 9 heteroatoms. The Balaban J connectivity index is 1.53. The maximum atomic E-state index is 12.3. The van der Waals surface area contributed by atoms with Crippen molar-refractivity contribution < 1.29 is 14.3 Å². The van der Waals surface area contributed by atoms with Crippen LogP contribution >= 0.6 is 0 Å². The van der Waals surface area contributed by atoms with Crippen LogP contribution in [0.15, 0.2) is 17.4 Å². The molecule has 1 atom stereocenters. The molecule has 1 amide bonds. The molecule has 31 heavy (non-hydrogen) atoms. The highest BCUT2D eigenvalue weighted by Gasteiger charge is 2.28. The molecule has 2 fully saturated rings. The van der Waals surface area contributed by atoms with Gasteiger partial charge in [-0.15, -0.1) is 0 Å². The Labute approximate surface area is 185 Å². The molecule has 1 aromatic rings. The number of aliphatic imine (C=N–C) groups is 1. The van der Waals surface area contributed by atoms with Crippen molar-refractivity contribution in [3.05, 3.63) is 18.0 Å². The highest BCUT2D eigenvalue weighted by atomic mass is 16.6. The number of amides is 1. The van der Waals surface area contributed by atoms with Crippen molar-refractivity contribution in [2.45, 2.75) is 52.2 Å². The van der Waals surface area contributed by atoms with Gasteiger partial charge in [-0.25, -0.2) is 4.79 Å². The van der Waals surface area contributed by atoms with E-state index in [2.05, 4.69) is 22.2 Å². The maximum Gasteiger partial charge on any atom is 0.410 e. The lowest BCUT2D eigenvalue weighted by molar-refractivity contribution is -0.00808. The molecule has 0 aliphatic carbocycles. The number of rotatable bonds is 4. The number of hydrogen-bond donors (Lipinski definition) is 1. The number of aromatic nitrogens is 2. The fourth-order valence-corrected chi connectivity index (χ4v) is 3.92. The molecule has 0 spiro atoms. The number of nitrogens with one attached hydrogen (secondary N) is 1. The molecule has 1 unspecified atom stereocenters. The molecule has 3 rings (SSSR count). The number of hydrogen-bond acceptors (Lipinski definition) is 5. The van der Waals surface area contributed by atoms with Crippen LogP contribution in [0.3, 0.4) is 0 Å². The number of guanidine groups is 1. The molecule has 1 N–H and O–H groups in total. The van der Waals surface area contributed by atoms with Crippen molar-refractivity contribution in [1.29, 1.82) is 0 Å². The average molecular weight is 435 g/mol. The van der Waals surface area contributed by atoms with E-state index in [4.69, 9.17) is 14.5 Å². The third-order valence-electron chi connectivity index (χ3n) is 5.56. The molecule has 174 valence electrons. The van der Waals surface area contributed by atoms with Crippen LogP contribution in [0.2, 0.25) is 0 Å². The number of piperidine rings is 1. The summed E-state index contributed by atoms with van der Waals surface area (Å²) >= 11 is 0. The van der Waals surface area contributed by atoms with E-state index < -0.39 is 5.60 Å². The van der Waals surface area contributed by atoms with E-state index >= 15 is 0 Å². The number of ether oxygens (including phenoxy) is 2. The van der Waals surface area contributed by atoms with Crippen molar-refractivity contribution >= 4 is 12.1 Å². The molecule has 3 heterocycles. The van der Waals surface area contributed by atoms with Crippen LogP contribution in [0, 0.1) is 5.92 Å². The smallest absolute Gasteiger partial charge is 0.410 e. The second kappa shape index (κ2) is 10.3. The minimum Gasteiger partial charge on any atom is -0.444 e. The molecule has 0 bridgehead atoms. The van der Waals surface area contributed by atoms with Gasteiger partial charge in [0.05, 0.1) is 19.3 Å². The topological polar surface area (TPSA) is 84.2 Å². The van der Waals surface area contributed by atoms with Crippen molar-refractivity contribution in [2.24, 2.45) is 18.0 Å². The molecular weight excluding hydrogens is 396 g/mol.